The van der Waals surface area contributed by atoms with Gasteiger partial charge >= 0.3 is 5.97 Å². The zero-order valence-corrected chi connectivity index (χ0v) is 14.2. The van der Waals surface area contributed by atoms with E-state index in [-0.39, 0.29) is 17.2 Å². The molecule has 2 aromatic rings. The maximum absolute atomic E-state index is 12.5. The summed E-state index contributed by atoms with van der Waals surface area (Å²) in [5, 5.41) is 22.9. The topological polar surface area (TPSA) is 139 Å². The summed E-state index contributed by atoms with van der Waals surface area (Å²) in [6.07, 6.45) is 4.83. The molecule has 1 fully saturated rings. The zero-order chi connectivity index (χ0) is 19.4. The second kappa shape index (κ2) is 7.77. The molecule has 0 bridgehead atoms. The third kappa shape index (κ3) is 4.35. The minimum atomic E-state index is -1.34. The lowest BCUT2D eigenvalue weighted by molar-refractivity contribution is -0.384. The van der Waals surface area contributed by atoms with Crippen LogP contribution in [0.5, 0.6) is 0 Å². The van der Waals surface area contributed by atoms with Gasteiger partial charge in [-0.2, -0.15) is 0 Å². The highest BCUT2D eigenvalue weighted by atomic mass is 16.6. The number of amides is 1. The molecule has 1 aliphatic heterocycles. The van der Waals surface area contributed by atoms with Crippen molar-refractivity contribution >= 4 is 23.5 Å². The molecule has 1 aromatic heterocycles. The summed E-state index contributed by atoms with van der Waals surface area (Å²) in [6, 6.07) is 4.64. The van der Waals surface area contributed by atoms with Crippen LogP contribution in [0.3, 0.4) is 0 Å². The SMILES string of the molecule is O=C(O)c1cc(C(=O)NC2CCCN(c3ncccn3)C2)cc([N+](=O)[O-])c1. The molecule has 10 nitrogen and oxygen atoms in total. The Morgan fingerprint density at radius 3 is 2.59 bits per heavy atom. The largest absolute Gasteiger partial charge is 0.478 e. The van der Waals surface area contributed by atoms with E-state index in [2.05, 4.69) is 15.3 Å². The number of non-ortho nitro benzene ring substituents is 1. The third-order valence-electron chi connectivity index (χ3n) is 4.23. The summed E-state index contributed by atoms with van der Waals surface area (Å²) in [5.74, 6) is -1.32. The van der Waals surface area contributed by atoms with E-state index in [4.69, 9.17) is 5.11 Å². The first-order valence-corrected chi connectivity index (χ1v) is 8.29. The van der Waals surface area contributed by atoms with Crippen LogP contribution in [-0.4, -0.2) is 51.0 Å². The molecule has 140 valence electrons. The number of aromatic carboxylic acids is 1. The first kappa shape index (κ1) is 18.2. The number of aromatic nitrogens is 2. The highest BCUT2D eigenvalue weighted by molar-refractivity contribution is 5.98. The molecular formula is C17H17N5O5. The molecule has 10 heteroatoms. The molecule has 1 atom stereocenters. The lowest BCUT2D eigenvalue weighted by Gasteiger charge is -2.33. The highest BCUT2D eigenvalue weighted by Gasteiger charge is 2.24. The highest BCUT2D eigenvalue weighted by Crippen LogP contribution is 2.19. The number of piperidine rings is 1. The Morgan fingerprint density at radius 1 is 1.22 bits per heavy atom. The van der Waals surface area contributed by atoms with Crippen molar-refractivity contribution in [1.29, 1.82) is 0 Å². The number of nitrogens with one attached hydrogen (secondary N) is 1. The molecule has 2 heterocycles. The number of nitro benzene ring substituents is 1. The Morgan fingerprint density at radius 2 is 1.93 bits per heavy atom. The van der Waals surface area contributed by atoms with Crippen molar-refractivity contribution in [2.24, 2.45) is 0 Å². The molecule has 27 heavy (non-hydrogen) atoms. The van der Waals surface area contributed by atoms with Crippen LogP contribution in [0.4, 0.5) is 11.6 Å². The average Bonchev–Trinajstić information content (AvgIpc) is 2.68. The molecule has 1 aliphatic rings. The summed E-state index contributed by atoms with van der Waals surface area (Å²) in [4.78, 5) is 44.3. The van der Waals surface area contributed by atoms with Gasteiger partial charge in [0.15, 0.2) is 0 Å². The fraction of sp³-hybridized carbons (Fsp3) is 0.294. The van der Waals surface area contributed by atoms with Crippen LogP contribution >= 0.6 is 0 Å². The van der Waals surface area contributed by atoms with Gasteiger partial charge in [-0.25, -0.2) is 14.8 Å². The van der Waals surface area contributed by atoms with Gasteiger partial charge < -0.3 is 15.3 Å². The normalized spacial score (nSPS) is 16.6. The number of anilines is 1. The van der Waals surface area contributed by atoms with Crippen LogP contribution in [0.15, 0.2) is 36.7 Å². The number of carbonyl (C=O) groups excluding carboxylic acids is 1. The number of rotatable bonds is 5. The number of hydrogen-bond acceptors (Lipinski definition) is 7. The Balaban J connectivity index is 1.75. The summed E-state index contributed by atoms with van der Waals surface area (Å²) in [6.45, 7) is 1.26. The number of benzene rings is 1. The van der Waals surface area contributed by atoms with Gasteiger partial charge in [-0.05, 0) is 25.0 Å². The van der Waals surface area contributed by atoms with E-state index >= 15 is 0 Å². The Bertz CT molecular complexity index is 841. The van der Waals surface area contributed by atoms with Crippen LogP contribution in [0, 0.1) is 10.1 Å². The second-order valence-electron chi connectivity index (χ2n) is 6.14. The van der Waals surface area contributed by atoms with Crippen molar-refractivity contribution in [2.45, 2.75) is 18.9 Å². The fourth-order valence-electron chi connectivity index (χ4n) is 2.97. The summed E-state index contributed by atoms with van der Waals surface area (Å²) >= 11 is 0. The first-order chi connectivity index (χ1) is 12.9. The average molecular weight is 371 g/mol. The molecule has 0 radical (unpaired) electrons. The quantitative estimate of drug-likeness (QED) is 0.595. The molecule has 1 amide bonds. The van der Waals surface area contributed by atoms with E-state index < -0.39 is 22.5 Å². The maximum atomic E-state index is 12.5. The lowest BCUT2D eigenvalue weighted by Crippen LogP contribution is -2.48. The maximum Gasteiger partial charge on any atom is 0.335 e. The lowest BCUT2D eigenvalue weighted by atomic mass is 10.0. The van der Waals surface area contributed by atoms with Crippen molar-refractivity contribution < 1.29 is 19.6 Å². The van der Waals surface area contributed by atoms with Gasteiger partial charge in [-0.1, -0.05) is 0 Å². The number of hydrogen-bond donors (Lipinski definition) is 2. The number of carboxylic acids is 1. The molecule has 3 rings (SSSR count). The third-order valence-corrected chi connectivity index (χ3v) is 4.23. The van der Waals surface area contributed by atoms with Gasteiger partial charge in [0, 0.05) is 49.2 Å². The summed E-state index contributed by atoms with van der Waals surface area (Å²) < 4.78 is 0. The van der Waals surface area contributed by atoms with E-state index in [1.807, 2.05) is 4.90 Å². The van der Waals surface area contributed by atoms with Crippen LogP contribution < -0.4 is 10.2 Å². The second-order valence-corrected chi connectivity index (χ2v) is 6.14. The Labute approximate surface area is 154 Å². The Hall–Kier alpha value is -3.56. The van der Waals surface area contributed by atoms with Crippen LogP contribution in [0.1, 0.15) is 33.6 Å². The van der Waals surface area contributed by atoms with Gasteiger partial charge in [-0.3, -0.25) is 14.9 Å². The van der Waals surface area contributed by atoms with E-state index in [1.54, 1.807) is 18.5 Å². The molecule has 0 aliphatic carbocycles. The predicted octanol–water partition coefficient (Wildman–Crippen LogP) is 1.48. The first-order valence-electron chi connectivity index (χ1n) is 8.29. The van der Waals surface area contributed by atoms with Crippen molar-refractivity contribution in [2.75, 3.05) is 18.0 Å². The van der Waals surface area contributed by atoms with E-state index in [0.717, 1.165) is 37.6 Å². The number of nitrogens with zero attached hydrogens (tertiary/aromatic N) is 4. The van der Waals surface area contributed by atoms with E-state index in [1.165, 1.54) is 0 Å². The van der Waals surface area contributed by atoms with Crippen LogP contribution in [0.2, 0.25) is 0 Å². The fourth-order valence-corrected chi connectivity index (χ4v) is 2.97. The van der Waals surface area contributed by atoms with Crippen LogP contribution in [-0.2, 0) is 0 Å². The minimum absolute atomic E-state index is 0.0605. The van der Waals surface area contributed by atoms with Crippen molar-refractivity contribution in [3.63, 3.8) is 0 Å². The molecule has 0 spiro atoms. The van der Waals surface area contributed by atoms with Gasteiger partial charge in [0.25, 0.3) is 11.6 Å². The van der Waals surface area contributed by atoms with Crippen molar-refractivity contribution in [1.82, 2.24) is 15.3 Å². The molecule has 1 aromatic carbocycles. The van der Waals surface area contributed by atoms with E-state index in [9.17, 15) is 19.7 Å². The van der Waals surface area contributed by atoms with Crippen molar-refractivity contribution in [3.8, 4) is 0 Å². The van der Waals surface area contributed by atoms with Crippen LogP contribution in [0.25, 0.3) is 0 Å². The monoisotopic (exact) mass is 371 g/mol. The molecule has 1 saturated heterocycles. The predicted molar refractivity (Wildman–Crippen MR) is 94.8 cm³/mol. The number of nitro groups is 1. The standard InChI is InChI=1S/C17H17N5O5/c23-15(11-7-12(16(24)25)9-14(8-11)22(26)27)20-13-3-1-6-21(10-13)17-18-4-2-5-19-17/h2,4-5,7-9,13H,1,3,6,10H2,(H,20,23)(H,24,25). The van der Waals surface area contributed by atoms with Gasteiger partial charge in [-0.15, -0.1) is 0 Å². The minimum Gasteiger partial charge on any atom is -0.478 e. The zero-order valence-electron chi connectivity index (χ0n) is 14.2. The van der Waals surface area contributed by atoms with Crippen molar-refractivity contribution in [3.05, 3.63) is 57.9 Å². The number of carbonyl (C=O) groups is 2. The molecule has 1 unspecified atom stereocenters. The van der Waals surface area contributed by atoms with E-state index in [0.29, 0.717) is 12.5 Å². The molecule has 0 saturated carbocycles. The molecule has 2 N–H and O–H groups in total. The van der Waals surface area contributed by atoms with Gasteiger partial charge in [0.1, 0.15) is 0 Å². The Kier molecular flexibility index (Phi) is 5.25. The molecular weight excluding hydrogens is 354 g/mol. The van der Waals surface area contributed by atoms with Gasteiger partial charge in [0.2, 0.25) is 5.95 Å². The smallest absolute Gasteiger partial charge is 0.335 e. The summed E-state index contributed by atoms with van der Waals surface area (Å²) in [7, 11) is 0. The van der Waals surface area contributed by atoms with Gasteiger partial charge in [0.05, 0.1) is 10.5 Å². The summed E-state index contributed by atoms with van der Waals surface area (Å²) in [5.41, 5.74) is -0.810. The number of carboxylic acid groups (broad SMARTS) is 1.